The predicted molar refractivity (Wildman–Crippen MR) is 109 cm³/mol. The van der Waals surface area contributed by atoms with Crippen LogP contribution >= 0.6 is 0 Å². The standard InChI is InChI=1S/C21H30N4O4/c1-21(2,3)16-10-8-15(9-11-16)20(29)22-13-17(26)23-24-18(27)14-25-12-6-4-5-7-19(25)28/h8-11H,4-7,12-14H2,1-3H3,(H,22,29)(H,23,26)(H,24,27). The Balaban J connectivity index is 1.72. The molecule has 3 N–H and O–H groups in total. The van der Waals surface area contributed by atoms with Gasteiger partial charge in [-0.1, -0.05) is 39.3 Å². The summed E-state index contributed by atoms with van der Waals surface area (Å²) in [6, 6.07) is 7.21. The van der Waals surface area contributed by atoms with Crippen LogP contribution in [0.3, 0.4) is 0 Å². The number of carbonyl (C=O) groups excluding carboxylic acids is 4. The Morgan fingerprint density at radius 2 is 1.62 bits per heavy atom. The third-order valence-corrected chi connectivity index (χ3v) is 4.77. The van der Waals surface area contributed by atoms with E-state index in [9.17, 15) is 19.2 Å². The number of benzene rings is 1. The van der Waals surface area contributed by atoms with Crippen molar-refractivity contribution in [3.63, 3.8) is 0 Å². The highest BCUT2D eigenvalue weighted by atomic mass is 16.2. The third-order valence-electron chi connectivity index (χ3n) is 4.77. The normalized spacial score (nSPS) is 14.7. The number of hydrogen-bond acceptors (Lipinski definition) is 4. The van der Waals surface area contributed by atoms with Crippen molar-refractivity contribution < 1.29 is 19.2 Å². The molecule has 1 aliphatic heterocycles. The summed E-state index contributed by atoms with van der Waals surface area (Å²) in [5.41, 5.74) is 6.07. The van der Waals surface area contributed by atoms with Gasteiger partial charge in [-0.05, 0) is 36.0 Å². The molecule has 0 atom stereocenters. The Bertz CT molecular complexity index is 753. The number of likely N-dealkylation sites (tertiary alicyclic amines) is 1. The molecular formula is C21H30N4O4. The molecule has 0 unspecified atom stereocenters. The van der Waals surface area contributed by atoms with Crippen LogP contribution < -0.4 is 16.2 Å². The largest absolute Gasteiger partial charge is 0.343 e. The van der Waals surface area contributed by atoms with Crippen molar-refractivity contribution in [3.05, 3.63) is 35.4 Å². The summed E-state index contributed by atoms with van der Waals surface area (Å²) < 4.78 is 0. The van der Waals surface area contributed by atoms with Gasteiger partial charge in [-0.15, -0.1) is 0 Å². The SMILES string of the molecule is CC(C)(C)c1ccc(C(=O)NCC(=O)NNC(=O)CN2CCCCCC2=O)cc1. The molecule has 0 bridgehead atoms. The maximum atomic E-state index is 12.2. The van der Waals surface area contributed by atoms with Gasteiger partial charge in [0.05, 0.1) is 6.54 Å². The fourth-order valence-corrected chi connectivity index (χ4v) is 2.99. The first kappa shape index (κ1) is 22.4. The molecule has 1 aliphatic rings. The Hall–Kier alpha value is -2.90. The van der Waals surface area contributed by atoms with Crippen LogP contribution in [0.4, 0.5) is 0 Å². The van der Waals surface area contributed by atoms with Crippen LogP contribution in [0.5, 0.6) is 0 Å². The van der Waals surface area contributed by atoms with Gasteiger partial charge in [-0.2, -0.15) is 0 Å². The molecule has 2 rings (SSSR count). The molecule has 0 radical (unpaired) electrons. The summed E-state index contributed by atoms with van der Waals surface area (Å²) in [4.78, 5) is 49.3. The third kappa shape index (κ3) is 7.21. The average molecular weight is 402 g/mol. The van der Waals surface area contributed by atoms with E-state index < -0.39 is 11.8 Å². The molecule has 1 heterocycles. The second kappa shape index (κ2) is 10.0. The summed E-state index contributed by atoms with van der Waals surface area (Å²) in [6.45, 7) is 6.44. The summed E-state index contributed by atoms with van der Waals surface area (Å²) >= 11 is 0. The zero-order valence-electron chi connectivity index (χ0n) is 17.3. The van der Waals surface area contributed by atoms with Gasteiger partial charge in [0.2, 0.25) is 5.91 Å². The number of rotatable bonds is 5. The van der Waals surface area contributed by atoms with Crippen LogP contribution in [0.25, 0.3) is 0 Å². The maximum absolute atomic E-state index is 12.2. The Morgan fingerprint density at radius 3 is 2.28 bits per heavy atom. The van der Waals surface area contributed by atoms with Crippen LogP contribution in [-0.4, -0.2) is 48.2 Å². The van der Waals surface area contributed by atoms with Gasteiger partial charge in [0.15, 0.2) is 0 Å². The topological polar surface area (TPSA) is 108 Å². The second-order valence-electron chi connectivity index (χ2n) is 8.23. The van der Waals surface area contributed by atoms with Crippen LogP contribution in [0.1, 0.15) is 62.4 Å². The minimum atomic E-state index is -0.555. The lowest BCUT2D eigenvalue weighted by molar-refractivity contribution is -0.136. The average Bonchev–Trinajstić information content (AvgIpc) is 2.88. The number of carbonyl (C=O) groups is 4. The van der Waals surface area contributed by atoms with Crippen LogP contribution in [0, 0.1) is 0 Å². The van der Waals surface area contributed by atoms with Crippen molar-refractivity contribution in [2.45, 2.75) is 51.9 Å². The number of amides is 4. The second-order valence-corrected chi connectivity index (χ2v) is 8.23. The Kier molecular flexibility index (Phi) is 7.75. The molecule has 1 aromatic carbocycles. The first-order chi connectivity index (χ1) is 13.7. The van der Waals surface area contributed by atoms with Crippen LogP contribution in [-0.2, 0) is 19.8 Å². The molecule has 1 saturated heterocycles. The first-order valence-corrected chi connectivity index (χ1v) is 9.91. The summed E-state index contributed by atoms with van der Waals surface area (Å²) in [5.74, 6) is -1.45. The highest BCUT2D eigenvalue weighted by molar-refractivity contribution is 5.96. The van der Waals surface area contributed by atoms with Crippen LogP contribution in [0.2, 0.25) is 0 Å². The van der Waals surface area contributed by atoms with E-state index in [1.807, 2.05) is 12.1 Å². The van der Waals surface area contributed by atoms with Crippen molar-refractivity contribution in [2.75, 3.05) is 19.6 Å². The van der Waals surface area contributed by atoms with Crippen molar-refractivity contribution in [3.8, 4) is 0 Å². The van der Waals surface area contributed by atoms with Gasteiger partial charge in [-0.3, -0.25) is 30.0 Å². The van der Waals surface area contributed by atoms with E-state index in [0.717, 1.165) is 24.8 Å². The highest BCUT2D eigenvalue weighted by Gasteiger charge is 2.19. The van der Waals surface area contributed by atoms with Gasteiger partial charge in [-0.25, -0.2) is 0 Å². The van der Waals surface area contributed by atoms with E-state index in [1.54, 1.807) is 12.1 Å². The van der Waals surface area contributed by atoms with Crippen LogP contribution in [0.15, 0.2) is 24.3 Å². The number of nitrogens with one attached hydrogen (secondary N) is 3. The highest BCUT2D eigenvalue weighted by Crippen LogP contribution is 2.22. The van der Waals surface area contributed by atoms with E-state index in [4.69, 9.17) is 0 Å². The lowest BCUT2D eigenvalue weighted by atomic mass is 9.87. The molecule has 4 amide bonds. The van der Waals surface area contributed by atoms with Gasteiger partial charge in [0.1, 0.15) is 6.54 Å². The molecule has 0 aromatic heterocycles. The zero-order valence-corrected chi connectivity index (χ0v) is 17.3. The molecule has 0 aliphatic carbocycles. The minimum Gasteiger partial charge on any atom is -0.343 e. The van der Waals surface area contributed by atoms with Gasteiger partial charge >= 0.3 is 0 Å². The molecule has 0 spiro atoms. The summed E-state index contributed by atoms with van der Waals surface area (Å²) in [5, 5.41) is 2.51. The van der Waals surface area contributed by atoms with Crippen molar-refractivity contribution >= 4 is 23.6 Å². The quantitative estimate of drug-likeness (QED) is 0.645. The van der Waals surface area contributed by atoms with Crippen molar-refractivity contribution in [1.82, 2.24) is 21.1 Å². The molecule has 8 heteroatoms. The van der Waals surface area contributed by atoms with Gasteiger partial charge < -0.3 is 10.2 Å². The molecule has 1 fully saturated rings. The van der Waals surface area contributed by atoms with Crippen molar-refractivity contribution in [2.24, 2.45) is 0 Å². The lowest BCUT2D eigenvalue weighted by Crippen LogP contribution is -2.50. The molecular weight excluding hydrogens is 372 g/mol. The fourth-order valence-electron chi connectivity index (χ4n) is 2.99. The van der Waals surface area contributed by atoms with E-state index in [2.05, 4.69) is 36.9 Å². The van der Waals surface area contributed by atoms with Gasteiger partial charge in [0.25, 0.3) is 17.7 Å². The van der Waals surface area contributed by atoms with E-state index in [-0.39, 0.29) is 30.3 Å². The molecule has 158 valence electrons. The summed E-state index contributed by atoms with van der Waals surface area (Å²) in [7, 11) is 0. The zero-order chi connectivity index (χ0) is 21.4. The monoisotopic (exact) mass is 402 g/mol. The van der Waals surface area contributed by atoms with Gasteiger partial charge in [0, 0.05) is 18.5 Å². The number of nitrogens with zero attached hydrogens (tertiary/aromatic N) is 1. The molecule has 1 aromatic rings. The predicted octanol–water partition coefficient (Wildman–Crippen LogP) is 1.26. The molecule has 8 nitrogen and oxygen atoms in total. The van der Waals surface area contributed by atoms with E-state index in [1.165, 1.54) is 4.90 Å². The number of hydrazine groups is 1. The fraction of sp³-hybridized carbons (Fsp3) is 0.524. The molecule has 0 saturated carbocycles. The van der Waals surface area contributed by atoms with Crippen molar-refractivity contribution in [1.29, 1.82) is 0 Å². The Morgan fingerprint density at radius 1 is 0.966 bits per heavy atom. The minimum absolute atomic E-state index is 0.00889. The Labute approximate surface area is 171 Å². The van der Waals surface area contributed by atoms with E-state index >= 15 is 0 Å². The lowest BCUT2D eigenvalue weighted by Gasteiger charge is -2.20. The maximum Gasteiger partial charge on any atom is 0.257 e. The summed E-state index contributed by atoms with van der Waals surface area (Å²) in [6.07, 6.45) is 3.13. The van der Waals surface area contributed by atoms with E-state index in [0.29, 0.717) is 18.5 Å². The number of hydrogen-bond donors (Lipinski definition) is 3. The molecule has 29 heavy (non-hydrogen) atoms. The smallest absolute Gasteiger partial charge is 0.257 e. The first-order valence-electron chi connectivity index (χ1n) is 9.91.